The fourth-order valence-corrected chi connectivity index (χ4v) is 5.66. The number of hydrogen-bond acceptors (Lipinski definition) is 6. The molecule has 1 aromatic carbocycles. The van der Waals surface area contributed by atoms with Crippen LogP contribution < -0.4 is 0 Å². The van der Waals surface area contributed by atoms with Crippen molar-refractivity contribution in [2.24, 2.45) is 0 Å². The van der Waals surface area contributed by atoms with Crippen molar-refractivity contribution in [3.63, 3.8) is 0 Å². The SMILES string of the molecule is C[C@@H](N1CCc2sc(-c3ccncc3)cc2C1)[C@](O)(Cn1cncn1)c1ccc(F)cc1F. The van der Waals surface area contributed by atoms with Gasteiger partial charge < -0.3 is 5.11 Å². The number of fused-ring (bicyclic) bond motifs is 1. The van der Waals surface area contributed by atoms with Gasteiger partial charge in [0.25, 0.3) is 0 Å². The van der Waals surface area contributed by atoms with Gasteiger partial charge in [-0.1, -0.05) is 6.07 Å². The molecular weight excluding hydrogens is 444 g/mol. The Morgan fingerprint density at radius 2 is 1.97 bits per heavy atom. The number of aliphatic hydroxyl groups is 1. The predicted octanol–water partition coefficient (Wildman–Crippen LogP) is 4.01. The van der Waals surface area contributed by atoms with Crippen LogP contribution in [0.3, 0.4) is 0 Å². The van der Waals surface area contributed by atoms with Crippen LogP contribution in [0.4, 0.5) is 8.78 Å². The van der Waals surface area contributed by atoms with Gasteiger partial charge >= 0.3 is 0 Å². The molecule has 0 saturated heterocycles. The van der Waals surface area contributed by atoms with Crippen molar-refractivity contribution in [2.45, 2.75) is 38.1 Å². The van der Waals surface area contributed by atoms with E-state index in [2.05, 4.69) is 26.0 Å². The van der Waals surface area contributed by atoms with Gasteiger partial charge in [0.15, 0.2) is 0 Å². The first-order chi connectivity index (χ1) is 15.9. The molecule has 9 heteroatoms. The second-order valence-electron chi connectivity index (χ2n) is 8.33. The summed E-state index contributed by atoms with van der Waals surface area (Å²) in [6.07, 6.45) is 7.24. The van der Waals surface area contributed by atoms with E-state index in [1.54, 1.807) is 23.7 Å². The van der Waals surface area contributed by atoms with E-state index in [9.17, 15) is 13.9 Å². The summed E-state index contributed by atoms with van der Waals surface area (Å²) in [5.74, 6) is -1.46. The molecule has 6 nitrogen and oxygen atoms in total. The maximum Gasteiger partial charge on any atom is 0.137 e. The summed E-state index contributed by atoms with van der Waals surface area (Å²) in [7, 11) is 0. The molecule has 170 valence electrons. The molecule has 1 N–H and O–H groups in total. The highest BCUT2D eigenvalue weighted by Gasteiger charge is 2.42. The second kappa shape index (κ2) is 8.74. The highest BCUT2D eigenvalue weighted by molar-refractivity contribution is 7.15. The Bertz CT molecular complexity index is 1250. The maximum atomic E-state index is 14.9. The summed E-state index contributed by atoms with van der Waals surface area (Å²) in [6, 6.07) is 8.99. The zero-order valence-electron chi connectivity index (χ0n) is 18.0. The Kier molecular flexibility index (Phi) is 5.77. The van der Waals surface area contributed by atoms with Crippen LogP contribution in [0.15, 0.2) is 61.4 Å². The highest BCUT2D eigenvalue weighted by Crippen LogP contribution is 2.38. The third-order valence-corrected chi connectivity index (χ3v) is 7.65. The first kappa shape index (κ1) is 21.8. The largest absolute Gasteiger partial charge is 0.381 e. The second-order valence-corrected chi connectivity index (χ2v) is 9.47. The summed E-state index contributed by atoms with van der Waals surface area (Å²) in [4.78, 5) is 12.7. The van der Waals surface area contributed by atoms with E-state index >= 15 is 0 Å². The third-order valence-electron chi connectivity index (χ3n) is 6.37. The van der Waals surface area contributed by atoms with Gasteiger partial charge in [-0.2, -0.15) is 5.10 Å². The molecule has 1 aliphatic heterocycles. The minimum absolute atomic E-state index is 0.00796. The summed E-state index contributed by atoms with van der Waals surface area (Å²) in [6.45, 7) is 3.21. The molecule has 0 radical (unpaired) electrons. The van der Waals surface area contributed by atoms with Crippen molar-refractivity contribution in [2.75, 3.05) is 6.54 Å². The molecule has 0 unspecified atom stereocenters. The van der Waals surface area contributed by atoms with Crippen molar-refractivity contribution >= 4 is 11.3 Å². The van der Waals surface area contributed by atoms with E-state index in [0.29, 0.717) is 13.1 Å². The monoisotopic (exact) mass is 467 g/mol. The average molecular weight is 468 g/mol. The number of nitrogens with zero attached hydrogens (tertiary/aromatic N) is 5. The van der Waals surface area contributed by atoms with Gasteiger partial charge in [0.2, 0.25) is 0 Å². The molecule has 0 amide bonds. The van der Waals surface area contributed by atoms with E-state index < -0.39 is 23.3 Å². The van der Waals surface area contributed by atoms with Crippen molar-refractivity contribution in [1.29, 1.82) is 0 Å². The van der Waals surface area contributed by atoms with Gasteiger partial charge in [0, 0.05) is 52.9 Å². The van der Waals surface area contributed by atoms with Crippen LogP contribution in [0.25, 0.3) is 10.4 Å². The van der Waals surface area contributed by atoms with Crippen LogP contribution in [-0.2, 0) is 25.1 Å². The molecule has 0 fully saturated rings. The molecule has 4 heterocycles. The molecule has 0 aliphatic carbocycles. The van der Waals surface area contributed by atoms with Crippen LogP contribution in [0.2, 0.25) is 0 Å². The lowest BCUT2D eigenvalue weighted by Gasteiger charge is -2.42. The van der Waals surface area contributed by atoms with Gasteiger partial charge in [-0.25, -0.2) is 18.4 Å². The average Bonchev–Trinajstić information content (AvgIpc) is 3.48. The lowest BCUT2D eigenvalue weighted by atomic mass is 9.84. The zero-order chi connectivity index (χ0) is 23.0. The number of halogens is 2. The van der Waals surface area contributed by atoms with E-state index in [1.165, 1.54) is 44.8 Å². The first-order valence-corrected chi connectivity index (χ1v) is 11.5. The normalized spacial score (nSPS) is 16.8. The Hall–Kier alpha value is -3.01. The van der Waals surface area contributed by atoms with Crippen LogP contribution in [0.5, 0.6) is 0 Å². The Morgan fingerprint density at radius 1 is 1.15 bits per heavy atom. The molecule has 33 heavy (non-hydrogen) atoms. The summed E-state index contributed by atoms with van der Waals surface area (Å²) >= 11 is 1.77. The minimum Gasteiger partial charge on any atom is -0.381 e. The van der Waals surface area contributed by atoms with Gasteiger partial charge in [-0.3, -0.25) is 9.88 Å². The lowest BCUT2D eigenvalue weighted by molar-refractivity contribution is -0.0675. The number of hydrogen-bond donors (Lipinski definition) is 1. The predicted molar refractivity (Wildman–Crippen MR) is 121 cm³/mol. The topological polar surface area (TPSA) is 67.1 Å². The third kappa shape index (κ3) is 4.19. The maximum absolute atomic E-state index is 14.9. The number of rotatable bonds is 6. The van der Waals surface area contributed by atoms with E-state index in [4.69, 9.17) is 0 Å². The van der Waals surface area contributed by atoms with E-state index in [1.807, 2.05) is 19.1 Å². The summed E-state index contributed by atoms with van der Waals surface area (Å²) < 4.78 is 30.0. The Balaban J connectivity index is 1.46. The minimum atomic E-state index is -1.65. The summed E-state index contributed by atoms with van der Waals surface area (Å²) in [5.41, 5.74) is 0.723. The Morgan fingerprint density at radius 3 is 2.70 bits per heavy atom. The van der Waals surface area contributed by atoms with Gasteiger partial charge in [0.1, 0.15) is 29.9 Å². The van der Waals surface area contributed by atoms with Crippen molar-refractivity contribution < 1.29 is 13.9 Å². The molecule has 4 aromatic rings. The quantitative estimate of drug-likeness (QED) is 0.464. The van der Waals surface area contributed by atoms with E-state index in [0.717, 1.165) is 18.1 Å². The smallest absolute Gasteiger partial charge is 0.137 e. The molecular formula is C24H23F2N5OS. The number of pyridine rings is 1. The number of benzene rings is 1. The molecule has 1 aliphatic rings. The van der Waals surface area contributed by atoms with Crippen LogP contribution in [0.1, 0.15) is 22.9 Å². The fraction of sp³-hybridized carbons (Fsp3) is 0.292. The standard InChI is InChI=1S/C24H23F2N5OS/c1-16(24(32,13-31-15-28-14-29-31)20-3-2-19(25)11-21(20)26)30-9-6-22-18(12-30)10-23(33-22)17-4-7-27-8-5-17/h2-5,7-8,10-11,14-16,32H,6,9,12-13H2,1H3/t16-,24-/m1/s1. The lowest BCUT2D eigenvalue weighted by Crippen LogP contribution is -2.53. The highest BCUT2D eigenvalue weighted by atomic mass is 32.1. The van der Waals surface area contributed by atoms with Gasteiger partial charge in [-0.05, 0) is 48.7 Å². The van der Waals surface area contributed by atoms with Crippen LogP contribution >= 0.6 is 11.3 Å². The molecule has 0 saturated carbocycles. The number of thiophene rings is 1. The van der Waals surface area contributed by atoms with E-state index in [-0.39, 0.29) is 12.1 Å². The van der Waals surface area contributed by atoms with Crippen molar-refractivity contribution in [3.05, 3.63) is 89.1 Å². The molecule has 0 spiro atoms. The van der Waals surface area contributed by atoms with Gasteiger partial charge in [-0.15, -0.1) is 11.3 Å². The molecule has 0 bridgehead atoms. The first-order valence-electron chi connectivity index (χ1n) is 10.7. The summed E-state index contributed by atoms with van der Waals surface area (Å²) in [5, 5.41) is 16.0. The van der Waals surface area contributed by atoms with Crippen molar-refractivity contribution in [1.82, 2.24) is 24.6 Å². The fourth-order valence-electron chi connectivity index (χ4n) is 4.49. The zero-order valence-corrected chi connectivity index (χ0v) is 18.8. The van der Waals surface area contributed by atoms with Crippen LogP contribution in [0, 0.1) is 11.6 Å². The van der Waals surface area contributed by atoms with Crippen molar-refractivity contribution in [3.8, 4) is 10.4 Å². The number of aromatic nitrogens is 4. The molecule has 5 rings (SSSR count). The van der Waals surface area contributed by atoms with Crippen LogP contribution in [-0.4, -0.2) is 42.3 Å². The molecule has 3 aromatic heterocycles. The van der Waals surface area contributed by atoms with Gasteiger partial charge in [0.05, 0.1) is 6.54 Å². The molecule has 2 atom stereocenters. The Labute approximate surface area is 194 Å².